The van der Waals surface area contributed by atoms with E-state index in [4.69, 9.17) is 4.74 Å². The lowest BCUT2D eigenvalue weighted by atomic mass is 9.99. The number of hydrogen-bond acceptors (Lipinski definition) is 4. The van der Waals surface area contributed by atoms with Gasteiger partial charge in [0.2, 0.25) is 0 Å². The summed E-state index contributed by atoms with van der Waals surface area (Å²) >= 11 is 0. The fourth-order valence-corrected chi connectivity index (χ4v) is 3.66. The first-order chi connectivity index (χ1) is 12.9. The van der Waals surface area contributed by atoms with Crippen LogP contribution in [0.3, 0.4) is 0 Å². The van der Waals surface area contributed by atoms with E-state index in [0.29, 0.717) is 6.42 Å². The van der Waals surface area contributed by atoms with Gasteiger partial charge >= 0.3 is 12.0 Å². The molecule has 1 aliphatic heterocycles. The predicted octanol–water partition coefficient (Wildman–Crippen LogP) is 3.02. The molecule has 138 valence electrons. The van der Waals surface area contributed by atoms with E-state index < -0.39 is 36.1 Å². The molecule has 27 heavy (non-hydrogen) atoms. The molecule has 2 aliphatic rings. The number of benzene rings is 2. The van der Waals surface area contributed by atoms with Crippen LogP contribution in [-0.4, -0.2) is 34.9 Å². The van der Waals surface area contributed by atoms with Crippen molar-refractivity contribution in [3.8, 4) is 11.1 Å². The summed E-state index contributed by atoms with van der Waals surface area (Å²) in [6.07, 6.45) is -0.0878. The Balaban J connectivity index is 1.56. The standard InChI is InChI=1S/C21H20N2O4/c1-3-21(2)19(25)23(20(26)22-21)12-17(24)27-18-15-10-6-4-8-13(15)14-9-5-7-11-16(14)18/h4-11,18H,3,12H2,1-2H3,(H,22,26)/t21-/m1/s1. The normalized spacial score (nSPS) is 21.0. The number of carbonyl (C=O) groups is 3. The van der Waals surface area contributed by atoms with Gasteiger partial charge in [0.1, 0.15) is 12.1 Å². The number of ether oxygens (including phenoxy) is 1. The Morgan fingerprint density at radius 1 is 1.07 bits per heavy atom. The minimum Gasteiger partial charge on any atom is -0.451 e. The first kappa shape index (κ1) is 17.3. The third kappa shape index (κ3) is 2.68. The molecule has 4 rings (SSSR count). The summed E-state index contributed by atoms with van der Waals surface area (Å²) in [6.45, 7) is 3.06. The van der Waals surface area contributed by atoms with E-state index in [2.05, 4.69) is 5.32 Å². The van der Waals surface area contributed by atoms with Crippen LogP contribution in [0.4, 0.5) is 4.79 Å². The van der Waals surface area contributed by atoms with Crippen LogP contribution in [0, 0.1) is 0 Å². The quantitative estimate of drug-likeness (QED) is 0.668. The van der Waals surface area contributed by atoms with Crippen LogP contribution < -0.4 is 5.32 Å². The number of nitrogens with one attached hydrogen (secondary N) is 1. The molecular weight excluding hydrogens is 344 g/mol. The van der Waals surface area contributed by atoms with Gasteiger partial charge in [-0.1, -0.05) is 55.5 Å². The Labute approximate surface area is 157 Å². The lowest BCUT2D eigenvalue weighted by molar-refractivity contribution is -0.150. The molecule has 2 aromatic rings. The maximum atomic E-state index is 12.6. The number of urea groups is 1. The lowest BCUT2D eigenvalue weighted by Crippen LogP contribution is -2.43. The summed E-state index contributed by atoms with van der Waals surface area (Å²) in [5.41, 5.74) is 2.90. The predicted molar refractivity (Wildman–Crippen MR) is 98.8 cm³/mol. The Bertz CT molecular complexity index is 909. The number of esters is 1. The maximum Gasteiger partial charge on any atom is 0.327 e. The van der Waals surface area contributed by atoms with Crippen molar-refractivity contribution in [2.45, 2.75) is 31.9 Å². The summed E-state index contributed by atoms with van der Waals surface area (Å²) in [5.74, 6) is -1.02. The van der Waals surface area contributed by atoms with E-state index in [9.17, 15) is 14.4 Å². The zero-order chi connectivity index (χ0) is 19.2. The first-order valence-electron chi connectivity index (χ1n) is 8.96. The molecule has 0 saturated carbocycles. The molecule has 6 heteroatoms. The Morgan fingerprint density at radius 3 is 2.15 bits per heavy atom. The van der Waals surface area contributed by atoms with Crippen LogP contribution in [0.1, 0.15) is 37.5 Å². The molecule has 0 radical (unpaired) electrons. The number of hydrogen-bond donors (Lipinski definition) is 1. The molecule has 0 unspecified atom stereocenters. The van der Waals surface area contributed by atoms with Gasteiger partial charge < -0.3 is 10.1 Å². The Kier molecular flexibility index (Phi) is 3.98. The molecule has 3 amide bonds. The number of carbonyl (C=O) groups excluding carboxylic acids is 3. The highest BCUT2D eigenvalue weighted by molar-refractivity contribution is 6.08. The van der Waals surface area contributed by atoms with Crippen LogP contribution in [0.5, 0.6) is 0 Å². The fourth-order valence-electron chi connectivity index (χ4n) is 3.66. The van der Waals surface area contributed by atoms with Crippen molar-refractivity contribution in [2.75, 3.05) is 6.54 Å². The zero-order valence-corrected chi connectivity index (χ0v) is 15.2. The summed E-state index contributed by atoms with van der Waals surface area (Å²) in [4.78, 5) is 38.1. The first-order valence-corrected chi connectivity index (χ1v) is 8.96. The molecule has 1 fully saturated rings. The second-order valence-electron chi connectivity index (χ2n) is 7.05. The highest BCUT2D eigenvalue weighted by Gasteiger charge is 2.47. The summed E-state index contributed by atoms with van der Waals surface area (Å²) in [5, 5.41) is 2.64. The minimum absolute atomic E-state index is 0.402. The second kappa shape index (κ2) is 6.23. The van der Waals surface area contributed by atoms with Crippen molar-refractivity contribution in [1.29, 1.82) is 0 Å². The van der Waals surface area contributed by atoms with Crippen LogP contribution in [0.2, 0.25) is 0 Å². The van der Waals surface area contributed by atoms with Crippen molar-refractivity contribution < 1.29 is 19.1 Å². The largest absolute Gasteiger partial charge is 0.451 e. The molecule has 1 atom stereocenters. The van der Waals surface area contributed by atoms with E-state index in [1.54, 1.807) is 6.92 Å². The van der Waals surface area contributed by atoms with Gasteiger partial charge in [-0.3, -0.25) is 14.5 Å². The van der Waals surface area contributed by atoms with E-state index in [0.717, 1.165) is 27.2 Å². The average molecular weight is 364 g/mol. The molecule has 0 spiro atoms. The molecule has 0 aromatic heterocycles. The van der Waals surface area contributed by atoms with Gasteiger partial charge in [0, 0.05) is 11.1 Å². The van der Waals surface area contributed by atoms with E-state index in [1.165, 1.54) is 0 Å². The van der Waals surface area contributed by atoms with Crippen LogP contribution >= 0.6 is 0 Å². The van der Waals surface area contributed by atoms with Crippen molar-refractivity contribution in [1.82, 2.24) is 10.2 Å². The molecule has 2 aromatic carbocycles. The van der Waals surface area contributed by atoms with E-state index in [1.807, 2.05) is 55.5 Å². The minimum atomic E-state index is -0.968. The molecule has 1 saturated heterocycles. The number of rotatable bonds is 4. The number of imide groups is 1. The van der Waals surface area contributed by atoms with Crippen molar-refractivity contribution >= 4 is 17.9 Å². The molecule has 1 aliphatic carbocycles. The Hall–Kier alpha value is -3.15. The summed E-state index contributed by atoms with van der Waals surface area (Å²) in [7, 11) is 0. The van der Waals surface area contributed by atoms with Crippen LogP contribution in [-0.2, 0) is 14.3 Å². The molecule has 6 nitrogen and oxygen atoms in total. The van der Waals surface area contributed by atoms with Crippen LogP contribution in [0.15, 0.2) is 48.5 Å². The van der Waals surface area contributed by atoms with Gasteiger partial charge in [-0.15, -0.1) is 0 Å². The van der Waals surface area contributed by atoms with Crippen LogP contribution in [0.25, 0.3) is 11.1 Å². The second-order valence-corrected chi connectivity index (χ2v) is 7.05. The number of nitrogens with zero attached hydrogens (tertiary/aromatic N) is 1. The van der Waals surface area contributed by atoms with E-state index in [-0.39, 0.29) is 0 Å². The third-order valence-electron chi connectivity index (χ3n) is 5.37. The van der Waals surface area contributed by atoms with Gasteiger partial charge in [-0.2, -0.15) is 0 Å². The van der Waals surface area contributed by atoms with E-state index >= 15 is 0 Å². The summed E-state index contributed by atoms with van der Waals surface area (Å²) < 4.78 is 5.71. The smallest absolute Gasteiger partial charge is 0.327 e. The van der Waals surface area contributed by atoms with Crippen molar-refractivity contribution in [2.24, 2.45) is 0 Å². The molecular formula is C21H20N2O4. The van der Waals surface area contributed by atoms with Gasteiger partial charge in [0.25, 0.3) is 5.91 Å². The van der Waals surface area contributed by atoms with Gasteiger partial charge in [-0.05, 0) is 24.5 Å². The zero-order valence-electron chi connectivity index (χ0n) is 15.2. The summed E-state index contributed by atoms with van der Waals surface area (Å²) in [6, 6.07) is 15.0. The third-order valence-corrected chi connectivity index (χ3v) is 5.37. The Morgan fingerprint density at radius 2 is 1.63 bits per heavy atom. The fraction of sp³-hybridized carbons (Fsp3) is 0.286. The number of amides is 3. The van der Waals surface area contributed by atoms with Crippen molar-refractivity contribution in [3.63, 3.8) is 0 Å². The molecule has 1 heterocycles. The average Bonchev–Trinajstić information content (AvgIpc) is 3.10. The topological polar surface area (TPSA) is 75.7 Å². The lowest BCUT2D eigenvalue weighted by Gasteiger charge is -2.20. The van der Waals surface area contributed by atoms with Crippen molar-refractivity contribution in [3.05, 3.63) is 59.7 Å². The molecule has 0 bridgehead atoms. The highest BCUT2D eigenvalue weighted by atomic mass is 16.5. The monoisotopic (exact) mass is 364 g/mol. The van der Waals surface area contributed by atoms with Gasteiger partial charge in [-0.25, -0.2) is 4.79 Å². The maximum absolute atomic E-state index is 12.6. The van der Waals surface area contributed by atoms with Gasteiger partial charge in [0.05, 0.1) is 0 Å². The number of fused-ring (bicyclic) bond motifs is 3. The van der Waals surface area contributed by atoms with Gasteiger partial charge in [0.15, 0.2) is 6.10 Å². The SMILES string of the molecule is CC[C@@]1(C)NC(=O)N(CC(=O)OC2c3ccccc3-c3ccccc32)C1=O. The highest BCUT2D eigenvalue weighted by Crippen LogP contribution is 2.45. The molecule has 1 N–H and O–H groups in total.